The van der Waals surface area contributed by atoms with Crippen molar-refractivity contribution in [3.63, 3.8) is 0 Å². The molecule has 19 heavy (non-hydrogen) atoms. The van der Waals surface area contributed by atoms with Crippen molar-refractivity contribution >= 4 is 17.5 Å². The Kier molecular flexibility index (Phi) is 5.40. The molecular weight excluding hydrogens is 269 g/mol. The number of aliphatic hydroxyl groups is 1. The number of rotatable bonds is 5. The Bertz CT molecular complexity index is 425. The monoisotopic (exact) mass is 282 g/mol. The zero-order valence-electron chi connectivity index (χ0n) is 10.5. The number of alkyl halides is 3. The van der Waals surface area contributed by atoms with Gasteiger partial charge in [0, 0.05) is 0 Å². The van der Waals surface area contributed by atoms with E-state index in [0.717, 1.165) is 6.92 Å². The maximum atomic E-state index is 12.5. The first-order valence-electron chi connectivity index (χ1n) is 5.23. The average Bonchev–Trinajstić information content (AvgIpc) is 2.27. The second-order valence-corrected chi connectivity index (χ2v) is 3.90. The van der Waals surface area contributed by atoms with E-state index in [1.54, 1.807) is 0 Å². The fraction of sp³-hybridized carbons (Fsp3) is 0.700. The lowest BCUT2D eigenvalue weighted by atomic mass is 9.85. The molecule has 6 nitrogen and oxygen atoms in total. The van der Waals surface area contributed by atoms with Crippen LogP contribution in [0.5, 0.6) is 0 Å². The third-order valence-corrected chi connectivity index (χ3v) is 2.61. The fourth-order valence-corrected chi connectivity index (χ4v) is 1.10. The second-order valence-electron chi connectivity index (χ2n) is 3.90. The fourth-order valence-electron chi connectivity index (χ4n) is 1.10. The topological polar surface area (TPSA) is 100 Å². The zero-order valence-corrected chi connectivity index (χ0v) is 10.5. The van der Waals surface area contributed by atoms with Crippen LogP contribution in [0.4, 0.5) is 13.2 Å². The van der Waals surface area contributed by atoms with Crippen molar-refractivity contribution < 1.29 is 37.4 Å². The van der Waals surface area contributed by atoms with E-state index in [2.05, 4.69) is 9.53 Å². The molecule has 0 aromatic heterocycles. The van der Waals surface area contributed by atoms with Crippen molar-refractivity contribution in [2.75, 3.05) is 6.61 Å². The summed E-state index contributed by atoms with van der Waals surface area (Å²) in [5, 5.41) is 9.31. The lowest BCUT2D eigenvalue weighted by Crippen LogP contribution is -2.52. The highest BCUT2D eigenvalue weighted by atomic mass is 19.4. The van der Waals surface area contributed by atoms with E-state index in [-0.39, 0.29) is 6.61 Å². The number of hydrogen-bond acceptors (Lipinski definition) is 4. The SMILES string of the molecule is CCOC(=O)C(=[N+]=[N-])C(=O)[C@H](C)C(C)(O)C(F)(F)F. The number of halogens is 3. The van der Waals surface area contributed by atoms with Crippen LogP contribution in [0.2, 0.25) is 0 Å². The Morgan fingerprint density at radius 3 is 2.21 bits per heavy atom. The Balaban J connectivity index is 5.32. The predicted octanol–water partition coefficient (Wildman–Crippen LogP) is 0.739. The van der Waals surface area contributed by atoms with Crippen molar-refractivity contribution in [3.05, 3.63) is 5.53 Å². The van der Waals surface area contributed by atoms with Crippen LogP contribution in [0.25, 0.3) is 5.53 Å². The molecule has 0 radical (unpaired) electrons. The highest BCUT2D eigenvalue weighted by Crippen LogP contribution is 2.36. The molecule has 0 aromatic rings. The maximum Gasteiger partial charge on any atom is 0.441 e. The number of Topliss-reactive ketones (excluding diaryl/α,β-unsaturated/α-hetero) is 1. The molecule has 1 unspecified atom stereocenters. The third-order valence-electron chi connectivity index (χ3n) is 2.61. The lowest BCUT2D eigenvalue weighted by Gasteiger charge is -2.30. The van der Waals surface area contributed by atoms with Crippen LogP contribution in [0.3, 0.4) is 0 Å². The van der Waals surface area contributed by atoms with E-state index < -0.39 is 35.2 Å². The van der Waals surface area contributed by atoms with Gasteiger partial charge in [-0.2, -0.15) is 18.0 Å². The van der Waals surface area contributed by atoms with Crippen molar-refractivity contribution in [1.82, 2.24) is 0 Å². The van der Waals surface area contributed by atoms with Crippen molar-refractivity contribution in [1.29, 1.82) is 0 Å². The van der Waals surface area contributed by atoms with Gasteiger partial charge < -0.3 is 15.4 Å². The molecule has 0 spiro atoms. The normalized spacial score (nSPS) is 15.9. The molecule has 0 aliphatic heterocycles. The number of ketones is 1. The number of hydrogen-bond donors (Lipinski definition) is 1. The van der Waals surface area contributed by atoms with E-state index in [9.17, 15) is 27.9 Å². The van der Waals surface area contributed by atoms with Crippen LogP contribution in [-0.4, -0.2) is 45.7 Å². The predicted molar refractivity (Wildman–Crippen MR) is 56.1 cm³/mol. The molecule has 0 saturated carbocycles. The summed E-state index contributed by atoms with van der Waals surface area (Å²) < 4.78 is 42.0. The van der Waals surface area contributed by atoms with Gasteiger partial charge in [-0.25, -0.2) is 4.79 Å². The van der Waals surface area contributed by atoms with Crippen LogP contribution >= 0.6 is 0 Å². The highest BCUT2D eigenvalue weighted by molar-refractivity contribution is 6.62. The minimum atomic E-state index is -5.09. The van der Waals surface area contributed by atoms with Crippen molar-refractivity contribution in [3.8, 4) is 0 Å². The van der Waals surface area contributed by atoms with E-state index in [0.29, 0.717) is 6.92 Å². The maximum absolute atomic E-state index is 12.5. The summed E-state index contributed by atoms with van der Waals surface area (Å²) in [6, 6.07) is 0. The van der Waals surface area contributed by atoms with E-state index in [1.165, 1.54) is 6.92 Å². The quantitative estimate of drug-likeness (QED) is 0.264. The van der Waals surface area contributed by atoms with E-state index in [1.807, 2.05) is 0 Å². The smallest absolute Gasteiger partial charge is 0.441 e. The first kappa shape index (κ1) is 17.3. The Labute approximate surface area is 106 Å². The van der Waals surface area contributed by atoms with Gasteiger partial charge in [-0.05, 0) is 13.8 Å². The molecule has 0 bridgehead atoms. The number of esters is 1. The molecule has 108 valence electrons. The number of carbonyl (C=O) groups is 2. The summed E-state index contributed by atoms with van der Waals surface area (Å²) in [6.07, 6.45) is -5.09. The molecule has 2 atom stereocenters. The third kappa shape index (κ3) is 3.62. The molecule has 1 N–H and O–H groups in total. The zero-order chi connectivity index (χ0) is 15.4. The van der Waals surface area contributed by atoms with Gasteiger partial charge in [0.1, 0.15) is 0 Å². The molecule has 0 fully saturated rings. The van der Waals surface area contributed by atoms with Crippen LogP contribution in [-0.2, 0) is 14.3 Å². The van der Waals surface area contributed by atoms with Crippen LogP contribution < -0.4 is 0 Å². The summed E-state index contributed by atoms with van der Waals surface area (Å²) in [5.74, 6) is -4.87. The Morgan fingerprint density at radius 2 is 1.89 bits per heavy atom. The van der Waals surface area contributed by atoms with Gasteiger partial charge in [0.2, 0.25) is 0 Å². The molecule has 0 amide bonds. The van der Waals surface area contributed by atoms with Crippen molar-refractivity contribution in [2.24, 2.45) is 5.92 Å². The van der Waals surface area contributed by atoms with Gasteiger partial charge in [-0.1, -0.05) is 6.92 Å². The number of nitrogens with zero attached hydrogens (tertiary/aromatic N) is 2. The molecule has 0 rings (SSSR count). The minimum Gasteiger partial charge on any atom is -0.457 e. The molecule has 0 saturated heterocycles. The van der Waals surface area contributed by atoms with Gasteiger partial charge >= 0.3 is 17.9 Å². The Hall–Kier alpha value is -1.73. The van der Waals surface area contributed by atoms with E-state index >= 15 is 0 Å². The van der Waals surface area contributed by atoms with Crippen LogP contribution in [0.15, 0.2) is 0 Å². The first-order chi connectivity index (χ1) is 8.50. The standard InChI is InChI=1S/C10H13F3N2O4/c1-4-19-8(17)6(15-14)7(16)5(2)9(3,18)10(11,12)13/h5,18H,4H2,1-3H3/t5-,9?/m0/s1. The van der Waals surface area contributed by atoms with Crippen LogP contribution in [0, 0.1) is 5.92 Å². The second kappa shape index (κ2) is 5.94. The first-order valence-corrected chi connectivity index (χ1v) is 5.23. The van der Waals surface area contributed by atoms with Gasteiger partial charge in [0.15, 0.2) is 5.60 Å². The van der Waals surface area contributed by atoms with Crippen LogP contribution in [0.1, 0.15) is 20.8 Å². The molecular formula is C10H13F3N2O4. The molecule has 0 heterocycles. The summed E-state index contributed by atoms with van der Waals surface area (Å²) in [6.45, 7) is 2.39. The van der Waals surface area contributed by atoms with Gasteiger partial charge in [0.25, 0.3) is 5.78 Å². The number of carbonyl (C=O) groups excluding carboxylic acids is 2. The lowest BCUT2D eigenvalue weighted by molar-refractivity contribution is -0.266. The average molecular weight is 282 g/mol. The minimum absolute atomic E-state index is 0.158. The largest absolute Gasteiger partial charge is 0.457 e. The van der Waals surface area contributed by atoms with E-state index in [4.69, 9.17) is 5.53 Å². The Morgan fingerprint density at radius 1 is 1.42 bits per heavy atom. The summed E-state index contributed by atoms with van der Waals surface area (Å²) in [5.41, 5.74) is 3.95. The van der Waals surface area contributed by atoms with Gasteiger partial charge in [0.05, 0.1) is 12.5 Å². The number of ether oxygens (including phenoxy) is 1. The molecule has 0 aliphatic rings. The summed E-state index contributed by atoms with van der Waals surface area (Å²) in [4.78, 5) is 25.2. The van der Waals surface area contributed by atoms with Gasteiger partial charge in [-0.15, -0.1) is 0 Å². The molecule has 0 aliphatic carbocycles. The molecule has 9 heteroatoms. The molecule has 0 aromatic carbocycles. The highest BCUT2D eigenvalue weighted by Gasteiger charge is 2.57. The van der Waals surface area contributed by atoms with Crippen molar-refractivity contribution in [2.45, 2.75) is 32.5 Å². The summed E-state index contributed by atoms with van der Waals surface area (Å²) in [7, 11) is 0. The summed E-state index contributed by atoms with van der Waals surface area (Å²) >= 11 is 0. The van der Waals surface area contributed by atoms with Gasteiger partial charge in [-0.3, -0.25) is 4.79 Å².